The molecule has 0 radical (unpaired) electrons. The molecule has 0 rings (SSSR count). The number of hydrogen-bond acceptors (Lipinski definition) is 5. The minimum Gasteiger partial charge on any atom is -0.465 e. The van der Waals surface area contributed by atoms with Crippen LogP contribution in [0.1, 0.15) is 20.8 Å². The van der Waals surface area contributed by atoms with E-state index in [2.05, 4.69) is 5.32 Å². The Morgan fingerprint density at radius 3 is 2.62 bits per heavy atom. The van der Waals surface area contributed by atoms with E-state index in [1.807, 2.05) is 20.8 Å². The highest BCUT2D eigenvalue weighted by molar-refractivity contribution is 7.99. The van der Waals surface area contributed by atoms with E-state index in [1.54, 1.807) is 18.9 Å². The van der Waals surface area contributed by atoms with Crippen LogP contribution in [0.2, 0.25) is 0 Å². The van der Waals surface area contributed by atoms with Gasteiger partial charge in [-0.15, -0.1) is 0 Å². The lowest BCUT2D eigenvalue weighted by Gasteiger charge is -2.27. The SMILES string of the molecule is CCNC(C)(CSCCOC)C(=O)OCC. The molecule has 4 nitrogen and oxygen atoms in total. The van der Waals surface area contributed by atoms with Crippen molar-refractivity contribution >= 4 is 17.7 Å². The number of carbonyl (C=O) groups excluding carboxylic acids is 1. The normalized spacial score (nSPS) is 14.5. The summed E-state index contributed by atoms with van der Waals surface area (Å²) >= 11 is 1.69. The monoisotopic (exact) mass is 249 g/mol. The van der Waals surface area contributed by atoms with E-state index in [1.165, 1.54) is 0 Å². The molecule has 0 aromatic carbocycles. The van der Waals surface area contributed by atoms with Gasteiger partial charge in [0.05, 0.1) is 13.2 Å². The van der Waals surface area contributed by atoms with E-state index in [0.29, 0.717) is 19.0 Å². The number of likely N-dealkylation sites (N-methyl/N-ethyl adjacent to an activating group) is 1. The van der Waals surface area contributed by atoms with Crippen molar-refractivity contribution in [3.63, 3.8) is 0 Å². The molecule has 0 saturated heterocycles. The molecule has 0 bridgehead atoms. The van der Waals surface area contributed by atoms with Crippen molar-refractivity contribution in [2.45, 2.75) is 26.3 Å². The largest absolute Gasteiger partial charge is 0.465 e. The molecule has 0 amide bonds. The van der Waals surface area contributed by atoms with Gasteiger partial charge < -0.3 is 14.8 Å². The van der Waals surface area contributed by atoms with Gasteiger partial charge in [-0.3, -0.25) is 4.79 Å². The molecule has 0 fully saturated rings. The summed E-state index contributed by atoms with van der Waals surface area (Å²) in [5.74, 6) is 1.40. The Kier molecular flexibility index (Phi) is 8.70. The second-order valence-corrected chi connectivity index (χ2v) is 4.73. The van der Waals surface area contributed by atoms with Crippen LogP contribution in [0.15, 0.2) is 0 Å². The van der Waals surface area contributed by atoms with Crippen LogP contribution >= 0.6 is 11.8 Å². The fraction of sp³-hybridized carbons (Fsp3) is 0.909. The van der Waals surface area contributed by atoms with Gasteiger partial charge in [-0.2, -0.15) is 11.8 Å². The first-order valence-electron chi connectivity index (χ1n) is 5.59. The first kappa shape index (κ1) is 15.7. The third-order valence-electron chi connectivity index (χ3n) is 2.12. The lowest BCUT2D eigenvalue weighted by Crippen LogP contribution is -2.52. The molecule has 0 aliphatic carbocycles. The van der Waals surface area contributed by atoms with Crippen LogP contribution < -0.4 is 5.32 Å². The Hall–Kier alpha value is -0.260. The maximum atomic E-state index is 11.8. The topological polar surface area (TPSA) is 47.6 Å². The first-order chi connectivity index (χ1) is 7.60. The molecule has 0 aliphatic rings. The number of hydrogen-bond donors (Lipinski definition) is 1. The molecular weight excluding hydrogens is 226 g/mol. The maximum Gasteiger partial charge on any atom is 0.326 e. The molecule has 0 spiro atoms. The second kappa shape index (κ2) is 8.84. The molecular formula is C11H23NO3S. The Labute approximate surface area is 102 Å². The molecule has 1 N–H and O–H groups in total. The second-order valence-electron chi connectivity index (χ2n) is 3.63. The molecule has 1 unspecified atom stereocenters. The van der Waals surface area contributed by atoms with Crippen LogP contribution in [-0.4, -0.2) is 49.9 Å². The zero-order chi connectivity index (χ0) is 12.4. The summed E-state index contributed by atoms with van der Waals surface area (Å²) < 4.78 is 10.0. The van der Waals surface area contributed by atoms with Gasteiger partial charge in [-0.25, -0.2) is 0 Å². The average molecular weight is 249 g/mol. The summed E-state index contributed by atoms with van der Waals surface area (Å²) in [6.07, 6.45) is 0. The van der Waals surface area contributed by atoms with Crippen LogP contribution in [0, 0.1) is 0 Å². The fourth-order valence-electron chi connectivity index (χ4n) is 1.28. The van der Waals surface area contributed by atoms with Gasteiger partial charge in [0, 0.05) is 18.6 Å². The molecule has 0 aromatic rings. The highest BCUT2D eigenvalue weighted by Gasteiger charge is 2.33. The van der Waals surface area contributed by atoms with Crippen molar-refractivity contribution in [3.05, 3.63) is 0 Å². The standard InChI is InChI=1S/C11H23NO3S/c1-5-12-11(3,10(13)15-6-2)9-16-8-7-14-4/h12H,5-9H2,1-4H3. The van der Waals surface area contributed by atoms with Crippen molar-refractivity contribution in [1.29, 1.82) is 0 Å². The summed E-state index contributed by atoms with van der Waals surface area (Å²) in [5.41, 5.74) is -0.594. The smallest absolute Gasteiger partial charge is 0.326 e. The molecule has 5 heteroatoms. The van der Waals surface area contributed by atoms with Crippen molar-refractivity contribution in [1.82, 2.24) is 5.32 Å². The van der Waals surface area contributed by atoms with Crippen molar-refractivity contribution in [3.8, 4) is 0 Å². The van der Waals surface area contributed by atoms with Crippen molar-refractivity contribution in [2.75, 3.05) is 38.4 Å². The molecule has 0 aliphatic heterocycles. The third kappa shape index (κ3) is 5.72. The van der Waals surface area contributed by atoms with E-state index < -0.39 is 5.54 Å². The van der Waals surface area contributed by atoms with Crippen LogP contribution in [0.5, 0.6) is 0 Å². The molecule has 16 heavy (non-hydrogen) atoms. The van der Waals surface area contributed by atoms with Crippen LogP contribution in [0.3, 0.4) is 0 Å². The molecule has 0 aromatic heterocycles. The quantitative estimate of drug-likeness (QED) is 0.493. The maximum absolute atomic E-state index is 11.8. The van der Waals surface area contributed by atoms with Crippen LogP contribution in [0.25, 0.3) is 0 Å². The summed E-state index contributed by atoms with van der Waals surface area (Å²) in [6, 6.07) is 0. The number of nitrogens with one attached hydrogen (secondary N) is 1. The van der Waals surface area contributed by atoms with Crippen molar-refractivity contribution < 1.29 is 14.3 Å². The van der Waals surface area contributed by atoms with Gasteiger partial charge in [0.25, 0.3) is 0 Å². The van der Waals surface area contributed by atoms with E-state index >= 15 is 0 Å². The highest BCUT2D eigenvalue weighted by Crippen LogP contribution is 2.15. The number of thioether (sulfide) groups is 1. The van der Waals surface area contributed by atoms with Gasteiger partial charge in [0.15, 0.2) is 0 Å². The zero-order valence-electron chi connectivity index (χ0n) is 10.7. The molecule has 0 heterocycles. The van der Waals surface area contributed by atoms with E-state index in [9.17, 15) is 4.79 Å². The summed E-state index contributed by atoms with van der Waals surface area (Å²) in [4.78, 5) is 11.8. The first-order valence-corrected chi connectivity index (χ1v) is 6.75. The summed E-state index contributed by atoms with van der Waals surface area (Å²) in [5, 5.41) is 3.18. The van der Waals surface area contributed by atoms with Gasteiger partial charge >= 0.3 is 5.97 Å². The molecule has 0 saturated carbocycles. The number of esters is 1. The highest BCUT2D eigenvalue weighted by atomic mass is 32.2. The number of methoxy groups -OCH3 is 1. The zero-order valence-corrected chi connectivity index (χ0v) is 11.5. The van der Waals surface area contributed by atoms with Gasteiger partial charge in [-0.1, -0.05) is 6.92 Å². The number of ether oxygens (including phenoxy) is 2. The Bertz CT molecular complexity index is 202. The number of carbonyl (C=O) groups is 1. The van der Waals surface area contributed by atoms with Crippen LogP contribution in [0.4, 0.5) is 0 Å². The van der Waals surface area contributed by atoms with Crippen LogP contribution in [-0.2, 0) is 14.3 Å². The van der Waals surface area contributed by atoms with Gasteiger partial charge in [0.1, 0.15) is 5.54 Å². The lowest BCUT2D eigenvalue weighted by atomic mass is 10.1. The van der Waals surface area contributed by atoms with Crippen molar-refractivity contribution in [2.24, 2.45) is 0 Å². The fourth-order valence-corrected chi connectivity index (χ4v) is 2.34. The van der Waals surface area contributed by atoms with E-state index in [4.69, 9.17) is 9.47 Å². The average Bonchev–Trinajstić information content (AvgIpc) is 2.25. The summed E-state index contributed by atoms with van der Waals surface area (Å²) in [7, 11) is 1.68. The Morgan fingerprint density at radius 2 is 2.12 bits per heavy atom. The Balaban J connectivity index is 4.15. The minimum absolute atomic E-state index is 0.179. The summed E-state index contributed by atoms with van der Waals surface area (Å²) in [6.45, 7) is 7.56. The number of rotatable bonds is 9. The van der Waals surface area contributed by atoms with E-state index in [0.717, 1.165) is 12.3 Å². The third-order valence-corrected chi connectivity index (χ3v) is 3.35. The van der Waals surface area contributed by atoms with Gasteiger partial charge in [0.2, 0.25) is 0 Å². The Morgan fingerprint density at radius 1 is 1.44 bits per heavy atom. The predicted molar refractivity (Wildman–Crippen MR) is 67.9 cm³/mol. The molecule has 96 valence electrons. The minimum atomic E-state index is -0.594. The predicted octanol–water partition coefficient (Wildman–Crippen LogP) is 1.30. The van der Waals surface area contributed by atoms with E-state index in [-0.39, 0.29) is 5.97 Å². The molecule has 1 atom stereocenters. The van der Waals surface area contributed by atoms with Gasteiger partial charge in [-0.05, 0) is 20.4 Å². The lowest BCUT2D eigenvalue weighted by molar-refractivity contribution is -0.149.